The van der Waals surface area contributed by atoms with Crippen molar-refractivity contribution in [3.63, 3.8) is 0 Å². The first-order valence-electron chi connectivity index (χ1n) is 6.98. The highest BCUT2D eigenvalue weighted by atomic mass is 32.2. The molecule has 2 heterocycles. The zero-order valence-corrected chi connectivity index (χ0v) is 12.8. The normalized spacial score (nSPS) is 20.8. The Bertz CT molecular complexity index is 788. The maximum Gasteiger partial charge on any atom is 0.267 e. The molecule has 1 unspecified atom stereocenters. The molecule has 4 rings (SSSR count). The third-order valence-corrected chi connectivity index (χ3v) is 4.84. The number of methoxy groups -OCH3 is 1. The Balaban J connectivity index is 1.67. The average Bonchev–Trinajstić information content (AvgIpc) is 3.05. The first-order chi connectivity index (χ1) is 10.8. The average molecular weight is 310 g/mol. The molecule has 5 heteroatoms. The van der Waals surface area contributed by atoms with Gasteiger partial charge >= 0.3 is 0 Å². The molecule has 110 valence electrons. The van der Waals surface area contributed by atoms with Crippen LogP contribution in [-0.4, -0.2) is 18.5 Å². The van der Waals surface area contributed by atoms with Crippen LogP contribution >= 0.6 is 11.8 Å². The first kappa shape index (κ1) is 13.3. The maximum atomic E-state index is 12.7. The SMILES string of the molecule is COc1cccc(/C=C2\SC3Nc4ccccc4N3C2=O)c1. The molecular weight excluding hydrogens is 296 g/mol. The molecule has 2 aromatic carbocycles. The van der Waals surface area contributed by atoms with Gasteiger partial charge < -0.3 is 10.1 Å². The minimum atomic E-state index is -0.0539. The topological polar surface area (TPSA) is 41.6 Å². The fourth-order valence-electron chi connectivity index (χ4n) is 2.70. The van der Waals surface area contributed by atoms with Crippen LogP contribution in [0.1, 0.15) is 5.56 Å². The van der Waals surface area contributed by atoms with Gasteiger partial charge in [-0.1, -0.05) is 36.0 Å². The van der Waals surface area contributed by atoms with Crippen LogP contribution in [0.25, 0.3) is 6.08 Å². The molecule has 0 saturated carbocycles. The molecule has 2 aliphatic heterocycles. The third-order valence-electron chi connectivity index (χ3n) is 3.74. The van der Waals surface area contributed by atoms with Gasteiger partial charge in [0.25, 0.3) is 5.91 Å². The van der Waals surface area contributed by atoms with Crippen LogP contribution in [0.5, 0.6) is 5.75 Å². The van der Waals surface area contributed by atoms with E-state index in [1.54, 1.807) is 7.11 Å². The van der Waals surface area contributed by atoms with Gasteiger partial charge in [0.1, 0.15) is 5.75 Å². The zero-order chi connectivity index (χ0) is 15.1. The van der Waals surface area contributed by atoms with E-state index in [1.807, 2.05) is 59.5 Å². The molecule has 0 radical (unpaired) electrons. The summed E-state index contributed by atoms with van der Waals surface area (Å²) in [4.78, 5) is 15.2. The van der Waals surface area contributed by atoms with Gasteiger partial charge in [-0.25, -0.2) is 0 Å². The number of hydrogen-bond donors (Lipinski definition) is 1. The van der Waals surface area contributed by atoms with E-state index in [0.29, 0.717) is 0 Å². The Morgan fingerprint density at radius 2 is 2.09 bits per heavy atom. The molecule has 1 amide bonds. The third kappa shape index (κ3) is 2.05. The Labute approximate surface area is 132 Å². The van der Waals surface area contributed by atoms with Crippen molar-refractivity contribution >= 4 is 35.1 Å². The van der Waals surface area contributed by atoms with Gasteiger partial charge in [0.05, 0.1) is 23.4 Å². The van der Waals surface area contributed by atoms with Crippen molar-refractivity contribution in [2.45, 2.75) is 5.50 Å². The van der Waals surface area contributed by atoms with Gasteiger partial charge in [-0.15, -0.1) is 0 Å². The smallest absolute Gasteiger partial charge is 0.267 e. The second-order valence-electron chi connectivity index (χ2n) is 5.09. The summed E-state index contributed by atoms with van der Waals surface area (Å²) >= 11 is 1.54. The van der Waals surface area contributed by atoms with Crippen molar-refractivity contribution < 1.29 is 9.53 Å². The second kappa shape index (κ2) is 5.10. The van der Waals surface area contributed by atoms with Crippen LogP contribution in [0.4, 0.5) is 11.4 Å². The number of thioether (sulfide) groups is 1. The monoisotopic (exact) mass is 310 g/mol. The van der Waals surface area contributed by atoms with Gasteiger partial charge in [0.2, 0.25) is 0 Å². The van der Waals surface area contributed by atoms with Gasteiger partial charge in [-0.05, 0) is 35.9 Å². The zero-order valence-electron chi connectivity index (χ0n) is 11.9. The molecule has 1 fully saturated rings. The number of nitrogens with zero attached hydrogens (tertiary/aromatic N) is 1. The molecule has 2 aliphatic rings. The number of rotatable bonds is 2. The quantitative estimate of drug-likeness (QED) is 0.862. The molecule has 1 N–H and O–H groups in total. The lowest BCUT2D eigenvalue weighted by atomic mass is 10.2. The number of carbonyl (C=O) groups is 1. The molecule has 0 aliphatic carbocycles. The summed E-state index contributed by atoms with van der Waals surface area (Å²) in [5.74, 6) is 0.823. The Morgan fingerprint density at radius 1 is 1.23 bits per heavy atom. The largest absolute Gasteiger partial charge is 0.497 e. The summed E-state index contributed by atoms with van der Waals surface area (Å²) in [6.07, 6.45) is 1.91. The van der Waals surface area contributed by atoms with Crippen LogP contribution in [0.3, 0.4) is 0 Å². The number of amides is 1. The minimum Gasteiger partial charge on any atom is -0.497 e. The molecule has 0 spiro atoms. The van der Waals surface area contributed by atoms with Crippen molar-refractivity contribution in [3.05, 3.63) is 59.0 Å². The predicted octanol–water partition coefficient (Wildman–Crippen LogP) is 3.53. The summed E-state index contributed by atoms with van der Waals surface area (Å²) in [7, 11) is 1.64. The Morgan fingerprint density at radius 3 is 2.95 bits per heavy atom. The van der Waals surface area contributed by atoms with Gasteiger partial charge in [-0.2, -0.15) is 0 Å². The number of ether oxygens (including phenoxy) is 1. The Hall–Kier alpha value is -2.40. The summed E-state index contributed by atoms with van der Waals surface area (Å²) in [6, 6.07) is 15.6. The fourth-order valence-corrected chi connectivity index (χ4v) is 3.84. The maximum absolute atomic E-state index is 12.7. The van der Waals surface area contributed by atoms with Crippen molar-refractivity contribution in [1.82, 2.24) is 0 Å². The summed E-state index contributed by atoms with van der Waals surface area (Å²) in [5.41, 5.74) is 2.86. The van der Waals surface area contributed by atoms with Gasteiger partial charge in [-0.3, -0.25) is 9.69 Å². The summed E-state index contributed by atoms with van der Waals surface area (Å²) in [6.45, 7) is 0. The standard InChI is InChI=1S/C17H14N2O2S/c1-21-12-6-4-5-11(9-12)10-15-16(20)19-14-8-3-2-7-13(14)18-17(19)22-15/h2-10,17-18H,1H3/b15-10-. The first-order valence-corrected chi connectivity index (χ1v) is 7.86. The van der Waals surface area contributed by atoms with Crippen molar-refractivity contribution in [3.8, 4) is 5.75 Å². The second-order valence-corrected chi connectivity index (χ2v) is 6.21. The van der Waals surface area contributed by atoms with Crippen LogP contribution < -0.4 is 15.0 Å². The molecule has 22 heavy (non-hydrogen) atoms. The number of nitrogens with one attached hydrogen (secondary N) is 1. The van der Waals surface area contributed by atoms with E-state index in [0.717, 1.165) is 27.6 Å². The minimum absolute atomic E-state index is 0.0373. The fraction of sp³-hybridized carbons (Fsp3) is 0.118. The van der Waals surface area contributed by atoms with Crippen molar-refractivity contribution in [1.29, 1.82) is 0 Å². The molecular formula is C17H14N2O2S. The van der Waals surface area contributed by atoms with E-state index in [1.165, 1.54) is 11.8 Å². The van der Waals surface area contributed by atoms with Crippen LogP contribution in [0.2, 0.25) is 0 Å². The van der Waals surface area contributed by atoms with Gasteiger partial charge in [0, 0.05) is 0 Å². The molecule has 0 aromatic heterocycles. The van der Waals surface area contributed by atoms with Crippen LogP contribution in [-0.2, 0) is 4.79 Å². The summed E-state index contributed by atoms with van der Waals surface area (Å²) in [5, 5.41) is 3.37. The molecule has 2 aromatic rings. The predicted molar refractivity (Wildman–Crippen MR) is 89.9 cm³/mol. The number of benzene rings is 2. The highest BCUT2D eigenvalue weighted by Crippen LogP contribution is 2.46. The Kier molecular flexibility index (Phi) is 3.08. The molecule has 1 atom stereocenters. The van der Waals surface area contributed by atoms with E-state index in [9.17, 15) is 4.79 Å². The van der Waals surface area contributed by atoms with Crippen molar-refractivity contribution in [2.75, 3.05) is 17.3 Å². The highest BCUT2D eigenvalue weighted by molar-refractivity contribution is 8.05. The van der Waals surface area contributed by atoms with Crippen LogP contribution in [0.15, 0.2) is 53.4 Å². The van der Waals surface area contributed by atoms with E-state index in [4.69, 9.17) is 4.74 Å². The number of anilines is 2. The van der Waals surface area contributed by atoms with Crippen molar-refractivity contribution in [2.24, 2.45) is 0 Å². The highest BCUT2D eigenvalue weighted by Gasteiger charge is 2.42. The lowest BCUT2D eigenvalue weighted by Crippen LogP contribution is -2.31. The lowest BCUT2D eigenvalue weighted by molar-refractivity contribution is -0.114. The lowest BCUT2D eigenvalue weighted by Gasteiger charge is -2.12. The van der Waals surface area contributed by atoms with E-state index in [-0.39, 0.29) is 11.4 Å². The van der Waals surface area contributed by atoms with E-state index < -0.39 is 0 Å². The molecule has 1 saturated heterocycles. The van der Waals surface area contributed by atoms with Crippen LogP contribution in [0, 0.1) is 0 Å². The van der Waals surface area contributed by atoms with E-state index >= 15 is 0 Å². The number of para-hydroxylation sites is 2. The van der Waals surface area contributed by atoms with Gasteiger partial charge in [0.15, 0.2) is 5.50 Å². The van der Waals surface area contributed by atoms with E-state index in [2.05, 4.69) is 5.32 Å². The molecule has 0 bridgehead atoms. The molecule has 4 nitrogen and oxygen atoms in total. The summed E-state index contributed by atoms with van der Waals surface area (Å²) < 4.78 is 5.22. The number of fused-ring (bicyclic) bond motifs is 3. The number of hydrogen-bond acceptors (Lipinski definition) is 4. The number of carbonyl (C=O) groups excluding carboxylic acids is 1.